The molecule has 2 saturated carbocycles. The van der Waals surface area contributed by atoms with E-state index in [0.29, 0.717) is 12.6 Å². The minimum atomic E-state index is 0.116. The molecular formula is C21H30N4O2. The Morgan fingerprint density at radius 2 is 1.81 bits per heavy atom. The van der Waals surface area contributed by atoms with Crippen LogP contribution in [0.25, 0.3) is 0 Å². The first-order valence-electron chi connectivity index (χ1n) is 10.6. The van der Waals surface area contributed by atoms with E-state index in [4.69, 9.17) is 4.74 Å². The summed E-state index contributed by atoms with van der Waals surface area (Å²) >= 11 is 0. The lowest BCUT2D eigenvalue weighted by molar-refractivity contribution is 0.122. The third kappa shape index (κ3) is 3.64. The number of fused-ring (bicyclic) bond motifs is 1. The molecule has 27 heavy (non-hydrogen) atoms. The Labute approximate surface area is 161 Å². The molecule has 2 unspecified atom stereocenters. The van der Waals surface area contributed by atoms with Gasteiger partial charge in [0.15, 0.2) is 0 Å². The van der Waals surface area contributed by atoms with Crippen molar-refractivity contribution in [2.45, 2.75) is 44.7 Å². The summed E-state index contributed by atoms with van der Waals surface area (Å²) in [5.41, 5.74) is 1.06. The van der Waals surface area contributed by atoms with Crippen LogP contribution in [0.4, 0.5) is 10.6 Å². The third-order valence-electron chi connectivity index (χ3n) is 6.96. The zero-order valence-corrected chi connectivity index (χ0v) is 16.0. The summed E-state index contributed by atoms with van der Waals surface area (Å²) in [5.74, 6) is 3.44. The fourth-order valence-corrected chi connectivity index (χ4v) is 5.81. The van der Waals surface area contributed by atoms with Gasteiger partial charge in [0.25, 0.3) is 0 Å². The molecule has 6 nitrogen and oxygen atoms in total. The summed E-state index contributed by atoms with van der Waals surface area (Å²) in [6.07, 6.45) is 8.41. The number of rotatable bonds is 3. The van der Waals surface area contributed by atoms with E-state index in [2.05, 4.69) is 32.2 Å². The summed E-state index contributed by atoms with van der Waals surface area (Å²) in [6.45, 7) is 4.82. The number of nitrogens with zero attached hydrogens (tertiary/aromatic N) is 3. The van der Waals surface area contributed by atoms with Crippen LogP contribution in [0, 0.1) is 17.8 Å². The second-order valence-electron chi connectivity index (χ2n) is 8.87. The van der Waals surface area contributed by atoms with Crippen LogP contribution in [-0.4, -0.2) is 54.8 Å². The number of carbonyl (C=O) groups is 1. The fraction of sp³-hybridized carbons (Fsp3) is 0.714. The van der Waals surface area contributed by atoms with Crippen molar-refractivity contribution in [2.24, 2.45) is 17.8 Å². The van der Waals surface area contributed by atoms with Crippen molar-refractivity contribution in [3.8, 4) is 0 Å². The zero-order chi connectivity index (χ0) is 18.2. The molecule has 6 rings (SSSR count). The molecule has 1 N–H and O–H groups in total. The normalized spacial score (nSPS) is 32.4. The molecule has 2 atom stereocenters. The lowest BCUT2D eigenvalue weighted by atomic mass is 9.68. The van der Waals surface area contributed by atoms with Gasteiger partial charge in [-0.25, -0.2) is 9.78 Å². The van der Waals surface area contributed by atoms with Crippen molar-refractivity contribution < 1.29 is 9.53 Å². The molecule has 5 aliphatic rings. The summed E-state index contributed by atoms with van der Waals surface area (Å²) in [4.78, 5) is 21.9. The van der Waals surface area contributed by atoms with Gasteiger partial charge < -0.3 is 19.9 Å². The third-order valence-corrected chi connectivity index (χ3v) is 6.96. The topological polar surface area (TPSA) is 57.7 Å². The van der Waals surface area contributed by atoms with Crippen LogP contribution in [-0.2, 0) is 11.3 Å². The molecule has 6 heteroatoms. The first-order chi connectivity index (χ1) is 13.2. The summed E-state index contributed by atoms with van der Waals surface area (Å²) in [5, 5.41) is 3.15. The van der Waals surface area contributed by atoms with E-state index in [-0.39, 0.29) is 6.03 Å². The fourth-order valence-electron chi connectivity index (χ4n) is 5.81. The van der Waals surface area contributed by atoms with Crippen molar-refractivity contribution >= 4 is 11.8 Å². The monoisotopic (exact) mass is 370 g/mol. The number of anilines is 1. The van der Waals surface area contributed by atoms with Crippen molar-refractivity contribution in [1.29, 1.82) is 0 Å². The van der Waals surface area contributed by atoms with Crippen molar-refractivity contribution in [3.05, 3.63) is 23.9 Å². The van der Waals surface area contributed by atoms with Gasteiger partial charge in [-0.2, -0.15) is 0 Å². The SMILES string of the molecule is O=C(NCc1ccc(N2CCOCC2)nc1)N1CC2CC3CC(C2)CC1C3. The lowest BCUT2D eigenvalue weighted by Crippen LogP contribution is -2.47. The average molecular weight is 370 g/mol. The predicted molar refractivity (Wildman–Crippen MR) is 104 cm³/mol. The highest BCUT2D eigenvalue weighted by atomic mass is 16.5. The Bertz CT molecular complexity index is 659. The maximum absolute atomic E-state index is 12.9. The average Bonchev–Trinajstić information content (AvgIpc) is 2.90. The molecule has 1 aromatic heterocycles. The Morgan fingerprint density at radius 1 is 1.07 bits per heavy atom. The summed E-state index contributed by atoms with van der Waals surface area (Å²) in [7, 11) is 0. The van der Waals surface area contributed by atoms with E-state index >= 15 is 0 Å². The number of pyridine rings is 1. The first kappa shape index (κ1) is 17.3. The minimum absolute atomic E-state index is 0.116. The highest BCUT2D eigenvalue weighted by Gasteiger charge is 2.43. The van der Waals surface area contributed by atoms with Gasteiger partial charge in [0.1, 0.15) is 5.82 Å². The van der Waals surface area contributed by atoms with E-state index in [1.807, 2.05) is 6.20 Å². The molecule has 3 saturated heterocycles. The Kier molecular flexibility index (Phi) is 4.68. The standard InChI is InChI=1S/C21H30N4O2/c26-21(25-14-18-8-16-7-17(9-18)11-19(25)10-16)23-13-15-1-2-20(22-12-15)24-3-5-27-6-4-24/h1-2,12,16-19H,3-11,13-14H2,(H,23,26). The molecule has 0 spiro atoms. The van der Waals surface area contributed by atoms with Gasteiger partial charge in [-0.1, -0.05) is 6.07 Å². The molecule has 2 aliphatic carbocycles. The van der Waals surface area contributed by atoms with Gasteiger partial charge >= 0.3 is 6.03 Å². The Morgan fingerprint density at radius 3 is 2.52 bits per heavy atom. The number of amides is 2. The maximum atomic E-state index is 12.9. The second-order valence-corrected chi connectivity index (χ2v) is 8.87. The van der Waals surface area contributed by atoms with Gasteiger partial charge in [0, 0.05) is 38.4 Å². The van der Waals surface area contributed by atoms with Crippen LogP contribution in [0.1, 0.15) is 37.7 Å². The Hall–Kier alpha value is -1.82. The molecule has 5 fully saturated rings. The molecule has 0 radical (unpaired) electrons. The second kappa shape index (κ2) is 7.30. The highest BCUT2D eigenvalue weighted by Crippen LogP contribution is 2.47. The van der Waals surface area contributed by atoms with Gasteiger partial charge in [-0.15, -0.1) is 0 Å². The van der Waals surface area contributed by atoms with Crippen LogP contribution >= 0.6 is 0 Å². The van der Waals surface area contributed by atoms with Crippen LogP contribution in [0.3, 0.4) is 0 Å². The number of urea groups is 1. The number of nitrogens with one attached hydrogen (secondary N) is 1. The molecular weight excluding hydrogens is 340 g/mol. The number of aromatic nitrogens is 1. The quantitative estimate of drug-likeness (QED) is 0.889. The van der Waals surface area contributed by atoms with Crippen LogP contribution in [0.2, 0.25) is 0 Å². The van der Waals surface area contributed by atoms with Gasteiger partial charge in [-0.05, 0) is 61.5 Å². The van der Waals surface area contributed by atoms with Crippen molar-refractivity contribution in [3.63, 3.8) is 0 Å². The van der Waals surface area contributed by atoms with Crippen molar-refractivity contribution in [2.75, 3.05) is 37.7 Å². The van der Waals surface area contributed by atoms with E-state index in [0.717, 1.165) is 62.0 Å². The zero-order valence-electron chi connectivity index (χ0n) is 16.0. The first-order valence-corrected chi connectivity index (χ1v) is 10.6. The molecule has 146 valence electrons. The molecule has 0 aromatic carbocycles. The number of hydrogen-bond donors (Lipinski definition) is 1. The smallest absolute Gasteiger partial charge is 0.317 e. The molecule has 4 heterocycles. The summed E-state index contributed by atoms with van der Waals surface area (Å²) < 4.78 is 5.39. The van der Waals surface area contributed by atoms with Crippen LogP contribution < -0.4 is 10.2 Å². The maximum Gasteiger partial charge on any atom is 0.317 e. The summed E-state index contributed by atoms with van der Waals surface area (Å²) in [6, 6.07) is 4.71. The largest absolute Gasteiger partial charge is 0.378 e. The number of morpholine rings is 1. The molecule has 4 bridgehead atoms. The van der Waals surface area contributed by atoms with Gasteiger partial charge in [0.2, 0.25) is 0 Å². The Balaban J connectivity index is 1.18. The number of carbonyl (C=O) groups excluding carboxylic acids is 1. The highest BCUT2D eigenvalue weighted by molar-refractivity contribution is 5.74. The van der Waals surface area contributed by atoms with Crippen molar-refractivity contribution in [1.82, 2.24) is 15.2 Å². The molecule has 3 aliphatic heterocycles. The van der Waals surface area contributed by atoms with Crippen LogP contribution in [0.15, 0.2) is 18.3 Å². The van der Waals surface area contributed by atoms with E-state index < -0.39 is 0 Å². The van der Waals surface area contributed by atoms with E-state index in [1.165, 1.54) is 32.1 Å². The van der Waals surface area contributed by atoms with E-state index in [1.54, 1.807) is 0 Å². The van der Waals surface area contributed by atoms with Gasteiger partial charge in [-0.3, -0.25) is 0 Å². The predicted octanol–water partition coefficient (Wildman–Crippen LogP) is 2.64. The van der Waals surface area contributed by atoms with Crippen LogP contribution in [0.5, 0.6) is 0 Å². The number of ether oxygens (including phenoxy) is 1. The molecule has 1 aromatic rings. The minimum Gasteiger partial charge on any atom is -0.378 e. The van der Waals surface area contributed by atoms with E-state index in [9.17, 15) is 4.79 Å². The lowest BCUT2D eigenvalue weighted by Gasteiger charge is -2.38. The van der Waals surface area contributed by atoms with Gasteiger partial charge in [0.05, 0.1) is 13.2 Å². The molecule has 2 amide bonds. The number of hydrogen-bond acceptors (Lipinski definition) is 4.